The molecule has 198 valence electrons. The molecule has 2 aliphatic rings. The van der Waals surface area contributed by atoms with Crippen LogP contribution < -0.4 is 15.1 Å². The van der Waals surface area contributed by atoms with Crippen molar-refractivity contribution < 1.29 is 9.84 Å². The van der Waals surface area contributed by atoms with Crippen molar-refractivity contribution >= 4 is 23.3 Å². The van der Waals surface area contributed by atoms with E-state index in [9.17, 15) is 10.4 Å². The fourth-order valence-electron chi connectivity index (χ4n) is 4.86. The lowest BCUT2D eigenvalue weighted by molar-refractivity contribution is 0.122. The number of aliphatic hydroxyl groups is 1. The van der Waals surface area contributed by atoms with Crippen molar-refractivity contribution in [2.75, 3.05) is 54.5 Å². The van der Waals surface area contributed by atoms with Gasteiger partial charge in [-0.2, -0.15) is 10.2 Å². The molecule has 2 saturated heterocycles. The number of aromatic nitrogens is 5. The molecular weight excluding hydrogens is 494 g/mol. The van der Waals surface area contributed by atoms with Crippen molar-refractivity contribution in [3.05, 3.63) is 66.6 Å². The first kappa shape index (κ1) is 24.8. The topological polar surface area (TPSA) is 128 Å². The zero-order valence-corrected chi connectivity index (χ0v) is 21.4. The lowest BCUT2D eigenvalue weighted by atomic mass is 10.0. The third-order valence-corrected chi connectivity index (χ3v) is 7.04. The minimum Gasteiger partial charge on any atom is -0.393 e. The van der Waals surface area contributed by atoms with Gasteiger partial charge in [-0.1, -0.05) is 6.07 Å². The summed E-state index contributed by atoms with van der Waals surface area (Å²) in [6, 6.07) is 17.8. The monoisotopic (exact) mass is 523 g/mol. The standard InChI is InChI=1S/C28H29N9O2/c29-18-21-17-20(1-6-26(21)35-11-8-24(38)9-12-35)25-7-10-30-27(33-25)32-22-2-4-23(5-3-22)37-19-31-28(34-37)36-13-15-39-16-14-36/h1-7,10,17,19,24,38H,8-9,11-16H2,(H,30,32,33). The van der Waals surface area contributed by atoms with Gasteiger partial charge in [-0.3, -0.25) is 0 Å². The van der Waals surface area contributed by atoms with E-state index >= 15 is 0 Å². The van der Waals surface area contributed by atoms with E-state index in [-0.39, 0.29) is 6.10 Å². The molecule has 2 fully saturated rings. The minimum atomic E-state index is -0.259. The first-order valence-electron chi connectivity index (χ1n) is 13.1. The lowest BCUT2D eigenvalue weighted by Crippen LogP contribution is -2.37. The maximum Gasteiger partial charge on any atom is 0.245 e. The van der Waals surface area contributed by atoms with E-state index in [2.05, 4.69) is 41.2 Å². The van der Waals surface area contributed by atoms with Crippen LogP contribution in [0, 0.1) is 11.3 Å². The molecule has 0 spiro atoms. The molecule has 0 aliphatic carbocycles. The van der Waals surface area contributed by atoms with Gasteiger partial charge >= 0.3 is 0 Å². The number of hydrogen-bond donors (Lipinski definition) is 2. The summed E-state index contributed by atoms with van der Waals surface area (Å²) < 4.78 is 7.16. The van der Waals surface area contributed by atoms with Crippen molar-refractivity contribution in [2.45, 2.75) is 18.9 Å². The largest absolute Gasteiger partial charge is 0.393 e. The van der Waals surface area contributed by atoms with Gasteiger partial charge < -0.3 is 25.0 Å². The summed E-state index contributed by atoms with van der Waals surface area (Å²) in [6.07, 6.45) is 4.58. The molecule has 11 nitrogen and oxygen atoms in total. The maximum atomic E-state index is 9.81. The van der Waals surface area contributed by atoms with Crippen molar-refractivity contribution in [3.8, 4) is 23.0 Å². The fraction of sp³-hybridized carbons (Fsp3) is 0.321. The Morgan fingerprint density at radius 2 is 1.74 bits per heavy atom. The van der Waals surface area contributed by atoms with Gasteiger partial charge in [-0.15, -0.1) is 5.10 Å². The highest BCUT2D eigenvalue weighted by molar-refractivity contribution is 5.70. The van der Waals surface area contributed by atoms with Crippen LogP contribution >= 0.6 is 0 Å². The molecule has 39 heavy (non-hydrogen) atoms. The Balaban J connectivity index is 1.15. The summed E-state index contributed by atoms with van der Waals surface area (Å²) in [6.45, 7) is 4.43. The summed E-state index contributed by atoms with van der Waals surface area (Å²) in [5, 5.41) is 27.5. The number of hydrogen-bond acceptors (Lipinski definition) is 10. The summed E-state index contributed by atoms with van der Waals surface area (Å²) in [4.78, 5) is 17.8. The molecule has 4 aromatic rings. The van der Waals surface area contributed by atoms with E-state index in [1.165, 1.54) is 0 Å². The number of anilines is 4. The van der Waals surface area contributed by atoms with Crippen LogP contribution in [0.25, 0.3) is 16.9 Å². The highest BCUT2D eigenvalue weighted by atomic mass is 16.5. The van der Waals surface area contributed by atoms with Crippen LogP contribution in [-0.4, -0.2) is 75.3 Å². The van der Waals surface area contributed by atoms with Crippen LogP contribution in [-0.2, 0) is 4.74 Å². The molecule has 2 aliphatic heterocycles. The SMILES string of the molecule is N#Cc1cc(-c2ccnc(Nc3ccc(-n4cnc(N5CCOCC5)n4)cc3)n2)ccc1N1CCC(O)CC1. The summed E-state index contributed by atoms with van der Waals surface area (Å²) in [5.41, 5.74) is 4.79. The first-order valence-corrected chi connectivity index (χ1v) is 13.1. The molecule has 2 aromatic carbocycles. The number of nitrogens with zero attached hydrogens (tertiary/aromatic N) is 8. The Kier molecular flexibility index (Phi) is 7.03. The van der Waals surface area contributed by atoms with Gasteiger partial charge in [-0.25, -0.2) is 14.6 Å². The molecule has 0 unspecified atom stereocenters. The summed E-state index contributed by atoms with van der Waals surface area (Å²) in [5.74, 6) is 1.16. The third kappa shape index (κ3) is 5.52. The molecule has 4 heterocycles. The molecule has 11 heteroatoms. The number of benzene rings is 2. The summed E-state index contributed by atoms with van der Waals surface area (Å²) in [7, 11) is 0. The molecule has 0 saturated carbocycles. The smallest absolute Gasteiger partial charge is 0.245 e. The van der Waals surface area contributed by atoms with Crippen molar-refractivity contribution in [1.82, 2.24) is 24.7 Å². The van der Waals surface area contributed by atoms with Gasteiger partial charge in [0.15, 0.2) is 0 Å². The van der Waals surface area contributed by atoms with Gasteiger partial charge in [0, 0.05) is 43.6 Å². The van der Waals surface area contributed by atoms with Gasteiger partial charge in [-0.05, 0) is 55.3 Å². The number of ether oxygens (including phenoxy) is 1. The number of nitrogens with one attached hydrogen (secondary N) is 1. The zero-order valence-electron chi connectivity index (χ0n) is 21.4. The Hall–Kier alpha value is -4.53. The average Bonchev–Trinajstić information content (AvgIpc) is 3.49. The number of rotatable bonds is 6. The molecular formula is C28H29N9O2. The van der Waals surface area contributed by atoms with Crippen LogP contribution in [0.4, 0.5) is 23.3 Å². The van der Waals surface area contributed by atoms with Crippen molar-refractivity contribution in [1.29, 1.82) is 5.26 Å². The Morgan fingerprint density at radius 3 is 2.51 bits per heavy atom. The molecule has 0 amide bonds. The van der Waals surface area contributed by atoms with E-state index in [1.807, 2.05) is 48.5 Å². The first-order chi connectivity index (χ1) is 19.2. The molecule has 0 bridgehead atoms. The van der Waals surface area contributed by atoms with Gasteiger partial charge in [0.1, 0.15) is 12.4 Å². The van der Waals surface area contributed by atoms with E-state index < -0.39 is 0 Å². The van der Waals surface area contributed by atoms with Crippen LogP contribution in [0.5, 0.6) is 0 Å². The van der Waals surface area contributed by atoms with Crippen molar-refractivity contribution in [2.24, 2.45) is 0 Å². The molecule has 6 rings (SSSR count). The third-order valence-electron chi connectivity index (χ3n) is 7.04. The van der Waals surface area contributed by atoms with Crippen LogP contribution in [0.3, 0.4) is 0 Å². The van der Waals surface area contributed by atoms with Gasteiger partial charge in [0.25, 0.3) is 0 Å². The summed E-state index contributed by atoms with van der Waals surface area (Å²) >= 11 is 0. The van der Waals surface area contributed by atoms with Gasteiger partial charge in [0.05, 0.1) is 41.9 Å². The Bertz CT molecular complexity index is 1470. The number of morpholine rings is 1. The van der Waals surface area contributed by atoms with Gasteiger partial charge in [0.2, 0.25) is 11.9 Å². The molecule has 0 radical (unpaired) electrons. The number of aliphatic hydroxyl groups excluding tert-OH is 1. The molecule has 2 aromatic heterocycles. The predicted octanol–water partition coefficient (Wildman–Crippen LogP) is 3.14. The Morgan fingerprint density at radius 1 is 0.949 bits per heavy atom. The molecule has 0 atom stereocenters. The predicted molar refractivity (Wildman–Crippen MR) is 147 cm³/mol. The van der Waals surface area contributed by atoms with Crippen molar-refractivity contribution in [3.63, 3.8) is 0 Å². The van der Waals surface area contributed by atoms with E-state index in [0.717, 1.165) is 54.5 Å². The second-order valence-corrected chi connectivity index (χ2v) is 9.59. The maximum absolute atomic E-state index is 9.81. The average molecular weight is 524 g/mol. The quantitative estimate of drug-likeness (QED) is 0.389. The Labute approximate surface area is 226 Å². The van der Waals surface area contributed by atoms with E-state index in [1.54, 1.807) is 17.2 Å². The van der Waals surface area contributed by atoms with Crippen LogP contribution in [0.2, 0.25) is 0 Å². The van der Waals surface area contributed by atoms with Crippen LogP contribution in [0.15, 0.2) is 61.1 Å². The number of nitriles is 1. The fourth-order valence-corrected chi connectivity index (χ4v) is 4.86. The normalized spacial score (nSPS) is 16.2. The lowest BCUT2D eigenvalue weighted by Gasteiger charge is -2.32. The zero-order chi connectivity index (χ0) is 26.6. The molecule has 2 N–H and O–H groups in total. The second kappa shape index (κ2) is 11.1. The van der Waals surface area contributed by atoms with E-state index in [4.69, 9.17) is 4.74 Å². The second-order valence-electron chi connectivity index (χ2n) is 9.59. The highest BCUT2D eigenvalue weighted by Gasteiger charge is 2.20. The highest BCUT2D eigenvalue weighted by Crippen LogP contribution is 2.29. The van der Waals surface area contributed by atoms with Crippen LogP contribution in [0.1, 0.15) is 18.4 Å². The van der Waals surface area contributed by atoms with E-state index in [0.29, 0.717) is 43.5 Å². The minimum absolute atomic E-state index is 0.259. The number of piperidine rings is 1.